The van der Waals surface area contributed by atoms with E-state index in [0.29, 0.717) is 24.5 Å². The fourth-order valence-electron chi connectivity index (χ4n) is 3.99. The number of hydrogen-bond donors (Lipinski definition) is 1. The molecule has 0 saturated carbocycles. The van der Waals surface area contributed by atoms with Crippen molar-refractivity contribution in [1.82, 2.24) is 15.1 Å². The quantitative estimate of drug-likeness (QED) is 0.837. The molecule has 3 fully saturated rings. The van der Waals surface area contributed by atoms with Crippen molar-refractivity contribution < 1.29 is 9.53 Å². The molecule has 3 saturated heterocycles. The number of piperidine rings is 1. The van der Waals surface area contributed by atoms with E-state index in [1.54, 1.807) is 0 Å². The highest BCUT2D eigenvalue weighted by atomic mass is 35.5. The molecule has 0 aromatic heterocycles. The Morgan fingerprint density at radius 1 is 1.32 bits per heavy atom. The van der Waals surface area contributed by atoms with Crippen LogP contribution in [0.25, 0.3) is 0 Å². The Morgan fingerprint density at radius 3 is 2.77 bits per heavy atom. The summed E-state index contributed by atoms with van der Waals surface area (Å²) in [6, 6.07) is 0. The maximum Gasteiger partial charge on any atom is 0.227 e. The smallest absolute Gasteiger partial charge is 0.227 e. The summed E-state index contributed by atoms with van der Waals surface area (Å²) in [5.74, 6) is 0.563. The zero-order valence-corrected chi connectivity index (χ0v) is 14.5. The van der Waals surface area contributed by atoms with Gasteiger partial charge in [-0.3, -0.25) is 4.79 Å². The van der Waals surface area contributed by atoms with Gasteiger partial charge in [-0.05, 0) is 37.8 Å². The van der Waals surface area contributed by atoms with Crippen LogP contribution >= 0.6 is 12.4 Å². The summed E-state index contributed by atoms with van der Waals surface area (Å²) in [6.45, 7) is 10.8. The number of carbonyl (C=O) groups is 1. The first kappa shape index (κ1) is 18.0. The zero-order chi connectivity index (χ0) is 14.7. The first-order valence-electron chi connectivity index (χ1n) is 8.46. The van der Waals surface area contributed by atoms with Crippen LogP contribution in [0.2, 0.25) is 0 Å². The number of morpholine rings is 1. The van der Waals surface area contributed by atoms with Crippen molar-refractivity contribution >= 4 is 18.3 Å². The zero-order valence-electron chi connectivity index (χ0n) is 13.7. The summed E-state index contributed by atoms with van der Waals surface area (Å²) >= 11 is 0. The summed E-state index contributed by atoms with van der Waals surface area (Å²) in [5, 5.41) is 3.47. The summed E-state index contributed by atoms with van der Waals surface area (Å²) < 4.78 is 5.35. The summed E-state index contributed by atoms with van der Waals surface area (Å²) in [4.78, 5) is 17.2. The van der Waals surface area contributed by atoms with Crippen LogP contribution in [-0.4, -0.2) is 74.7 Å². The third-order valence-corrected chi connectivity index (χ3v) is 5.24. The normalized spacial score (nSPS) is 33.5. The van der Waals surface area contributed by atoms with E-state index in [1.807, 2.05) is 4.90 Å². The van der Waals surface area contributed by atoms with Gasteiger partial charge < -0.3 is 19.9 Å². The second-order valence-electron chi connectivity index (χ2n) is 7.25. The maximum absolute atomic E-state index is 12.6. The van der Waals surface area contributed by atoms with E-state index in [9.17, 15) is 4.79 Å². The van der Waals surface area contributed by atoms with Crippen molar-refractivity contribution in [3.8, 4) is 0 Å². The van der Waals surface area contributed by atoms with Crippen LogP contribution in [0, 0.1) is 11.3 Å². The molecular formula is C16H30ClN3O2. The third-order valence-electron chi connectivity index (χ3n) is 5.24. The molecule has 3 aliphatic heterocycles. The van der Waals surface area contributed by atoms with Crippen LogP contribution < -0.4 is 5.32 Å². The van der Waals surface area contributed by atoms with Gasteiger partial charge in [0.15, 0.2) is 0 Å². The number of rotatable bonds is 3. The molecule has 0 aliphatic carbocycles. The molecule has 0 aromatic rings. The second kappa shape index (κ2) is 7.95. The molecule has 6 heteroatoms. The molecule has 0 aromatic carbocycles. The number of nitrogens with zero attached hydrogens (tertiary/aromatic N) is 2. The van der Waals surface area contributed by atoms with E-state index in [0.717, 1.165) is 58.7 Å². The fourth-order valence-corrected chi connectivity index (χ4v) is 3.99. The molecule has 22 heavy (non-hydrogen) atoms. The lowest BCUT2D eigenvalue weighted by Gasteiger charge is -2.39. The SMILES string of the molecule is CC1(CN2CCCC(C(=O)N3CCOCC3)C2)CCNC1.Cl. The van der Waals surface area contributed by atoms with Gasteiger partial charge in [0.2, 0.25) is 5.91 Å². The Balaban J connectivity index is 0.00000176. The number of nitrogens with one attached hydrogen (secondary N) is 1. The van der Waals surface area contributed by atoms with Crippen molar-refractivity contribution in [1.29, 1.82) is 0 Å². The minimum absolute atomic E-state index is 0. The van der Waals surface area contributed by atoms with Crippen molar-refractivity contribution in [2.75, 3.05) is 59.0 Å². The molecule has 5 nitrogen and oxygen atoms in total. The summed E-state index contributed by atoms with van der Waals surface area (Å²) in [7, 11) is 0. The summed E-state index contributed by atoms with van der Waals surface area (Å²) in [6.07, 6.45) is 3.47. The Bertz CT molecular complexity index is 368. The van der Waals surface area contributed by atoms with Gasteiger partial charge in [0.05, 0.1) is 19.1 Å². The predicted molar refractivity (Wildman–Crippen MR) is 89.4 cm³/mol. The minimum Gasteiger partial charge on any atom is -0.378 e. The average Bonchev–Trinajstić information content (AvgIpc) is 2.94. The number of hydrogen-bond acceptors (Lipinski definition) is 4. The maximum atomic E-state index is 12.6. The molecule has 2 atom stereocenters. The first-order chi connectivity index (χ1) is 10.2. The van der Waals surface area contributed by atoms with Crippen LogP contribution in [-0.2, 0) is 9.53 Å². The van der Waals surface area contributed by atoms with Crippen LogP contribution in [0.15, 0.2) is 0 Å². The van der Waals surface area contributed by atoms with Gasteiger partial charge in [-0.25, -0.2) is 0 Å². The van der Waals surface area contributed by atoms with Crippen molar-refractivity contribution in [2.24, 2.45) is 11.3 Å². The highest BCUT2D eigenvalue weighted by molar-refractivity contribution is 5.85. The van der Waals surface area contributed by atoms with Crippen LogP contribution in [0.1, 0.15) is 26.2 Å². The van der Waals surface area contributed by atoms with E-state index >= 15 is 0 Å². The van der Waals surface area contributed by atoms with Crippen molar-refractivity contribution in [3.05, 3.63) is 0 Å². The fraction of sp³-hybridized carbons (Fsp3) is 0.938. The predicted octanol–water partition coefficient (Wildman–Crippen LogP) is 0.979. The molecule has 0 spiro atoms. The van der Waals surface area contributed by atoms with E-state index in [-0.39, 0.29) is 18.3 Å². The van der Waals surface area contributed by atoms with Gasteiger partial charge in [0, 0.05) is 32.7 Å². The topological polar surface area (TPSA) is 44.8 Å². The molecule has 0 radical (unpaired) electrons. The number of halogens is 1. The van der Waals surface area contributed by atoms with Gasteiger partial charge >= 0.3 is 0 Å². The number of amides is 1. The highest BCUT2D eigenvalue weighted by Gasteiger charge is 2.35. The Morgan fingerprint density at radius 2 is 2.09 bits per heavy atom. The lowest BCUT2D eigenvalue weighted by atomic mass is 9.87. The molecule has 0 bridgehead atoms. The van der Waals surface area contributed by atoms with Gasteiger partial charge in [0.25, 0.3) is 0 Å². The van der Waals surface area contributed by atoms with Gasteiger partial charge in [0.1, 0.15) is 0 Å². The number of carbonyl (C=O) groups excluding carboxylic acids is 1. The minimum atomic E-state index is 0. The summed E-state index contributed by atoms with van der Waals surface area (Å²) in [5.41, 5.74) is 0.393. The van der Waals surface area contributed by atoms with Gasteiger partial charge in [-0.15, -0.1) is 12.4 Å². The van der Waals surface area contributed by atoms with Gasteiger partial charge in [-0.2, -0.15) is 0 Å². The Kier molecular flexibility index (Phi) is 6.50. The third kappa shape index (κ3) is 4.34. The Hall–Kier alpha value is -0.360. The standard InChI is InChI=1S/C16H29N3O2.ClH/c1-16(4-5-17-12-16)13-18-6-2-3-14(11-18)15(20)19-7-9-21-10-8-19;/h14,17H,2-13H2,1H3;1H. The van der Waals surface area contributed by atoms with Crippen molar-refractivity contribution in [3.63, 3.8) is 0 Å². The lowest BCUT2D eigenvalue weighted by molar-refractivity contribution is -0.141. The average molecular weight is 332 g/mol. The molecule has 3 aliphatic rings. The number of likely N-dealkylation sites (tertiary alicyclic amines) is 1. The molecule has 3 heterocycles. The number of ether oxygens (including phenoxy) is 1. The van der Waals surface area contributed by atoms with Crippen LogP contribution in [0.3, 0.4) is 0 Å². The largest absolute Gasteiger partial charge is 0.378 e. The van der Waals surface area contributed by atoms with E-state index in [1.165, 1.54) is 6.42 Å². The van der Waals surface area contributed by atoms with Crippen molar-refractivity contribution in [2.45, 2.75) is 26.2 Å². The second-order valence-corrected chi connectivity index (χ2v) is 7.25. The molecular weight excluding hydrogens is 302 g/mol. The molecule has 128 valence electrons. The molecule has 1 amide bonds. The van der Waals surface area contributed by atoms with E-state index in [2.05, 4.69) is 17.1 Å². The van der Waals surface area contributed by atoms with E-state index < -0.39 is 0 Å². The van der Waals surface area contributed by atoms with E-state index in [4.69, 9.17) is 4.74 Å². The monoisotopic (exact) mass is 331 g/mol. The van der Waals surface area contributed by atoms with Gasteiger partial charge in [-0.1, -0.05) is 6.92 Å². The first-order valence-corrected chi connectivity index (χ1v) is 8.46. The lowest BCUT2D eigenvalue weighted by Crippen LogP contribution is -2.50. The molecule has 3 rings (SSSR count). The molecule has 1 N–H and O–H groups in total. The highest BCUT2D eigenvalue weighted by Crippen LogP contribution is 2.28. The molecule has 2 unspecified atom stereocenters. The van der Waals surface area contributed by atoms with Crippen LogP contribution in [0.5, 0.6) is 0 Å². The Labute approximate surface area is 140 Å². The van der Waals surface area contributed by atoms with Crippen LogP contribution in [0.4, 0.5) is 0 Å².